The lowest BCUT2D eigenvalue weighted by Gasteiger charge is -2.52. The van der Waals surface area contributed by atoms with Crippen molar-refractivity contribution in [3.05, 3.63) is 0 Å². The maximum Gasteiger partial charge on any atom is 0.315 e. The van der Waals surface area contributed by atoms with E-state index in [1.54, 1.807) is 0 Å². The lowest BCUT2D eigenvalue weighted by atomic mass is 9.78. The summed E-state index contributed by atoms with van der Waals surface area (Å²) in [6.07, 6.45) is 6.56. The summed E-state index contributed by atoms with van der Waals surface area (Å²) in [6.45, 7) is 36.1. The number of hydrogen-bond donors (Lipinski definition) is 4. The average molecular weight is 1140 g/mol. The molecule has 0 bridgehead atoms. The lowest BCUT2D eigenvalue weighted by Crippen LogP contribution is -2.61. The summed E-state index contributed by atoms with van der Waals surface area (Å²) in [5.74, 6) is 2.41. The first-order valence-electron chi connectivity index (χ1n) is 31.9. The van der Waals surface area contributed by atoms with Crippen LogP contribution >= 0.6 is 11.8 Å². The van der Waals surface area contributed by atoms with Crippen molar-refractivity contribution in [1.29, 1.82) is 0 Å². The van der Waals surface area contributed by atoms with Crippen molar-refractivity contribution in [3.63, 3.8) is 0 Å². The van der Waals surface area contributed by atoms with Crippen molar-refractivity contribution in [2.45, 2.75) is 298 Å². The number of ether oxygens (including phenoxy) is 9. The standard InChI is InChI=1S/C62H110N4O12S/c1-17-44-34(8)35(9)56(57(70-44)65-51(68)29-23-22-26-30-63-50(67)28-25-24-27-49-52-43(31-79-49)64-62(69)66-52)78-61-42(16)55(39(13)48(21-5)74-61)77-60-41(15)54(38(12)47(20-4)73-60)76-59-40(14)53(37(11)46(19-3)72-59)75-58-36(10)32(6)33(7)45(18-2)71-58/h32-49,52-61H,17-31H2,1-16H3,(H,63,67)(H,65,68)(H2,64,66,69)/t32-,33-,34-,35-,36?,37+,38+,39+,40?,41?,42?,43-,44?,45?,46?,47?,48?,49-,52-,53-,54-,55-,56?,57-,58+,59+,60+,61+/m0/s1. The molecule has 4 amide bonds. The maximum absolute atomic E-state index is 13.7. The number of nitrogens with one attached hydrogen (secondary N) is 4. The molecule has 0 spiro atoms. The SMILES string of the molecule is CCC1O[C@H](O[C@@H]2C(C)[C@@H](O[C@@H]3C(C)[C@@H](O[C@@H]4C(C)[C@@H](OC5[C@@H](C)[C@H](C)C(CC)O[C@@H]5NC(=O)CCCCCNC(=O)CCCC[C@@H]5SC[C@@H]6NC(=O)N[C@@H]65)OC(CC)[C@H]4C)OC(CC)[C@H]3C)OC(CC)[C@H]2C)C(C)[C@@H](C)[C@@H]1C. The summed E-state index contributed by atoms with van der Waals surface area (Å²) in [6, 6.07) is 0.356. The molecule has 0 aromatic rings. The molecule has 0 aromatic heterocycles. The highest BCUT2D eigenvalue weighted by Gasteiger charge is 2.53. The topological polar surface area (TPSA) is 182 Å². The molecule has 28 atom stereocenters. The minimum Gasteiger partial charge on any atom is -0.356 e. The Morgan fingerprint density at radius 1 is 0.481 bits per heavy atom. The molecule has 79 heavy (non-hydrogen) atoms. The van der Waals surface area contributed by atoms with Crippen molar-refractivity contribution in [3.8, 4) is 0 Å². The highest BCUT2D eigenvalue weighted by molar-refractivity contribution is 8.00. The summed E-state index contributed by atoms with van der Waals surface area (Å²) in [5, 5.41) is 12.8. The van der Waals surface area contributed by atoms with Crippen LogP contribution in [0.5, 0.6) is 0 Å². The van der Waals surface area contributed by atoms with E-state index in [0.717, 1.165) is 70.0 Å². The van der Waals surface area contributed by atoms with E-state index >= 15 is 0 Å². The minimum absolute atomic E-state index is 0.0202. The van der Waals surface area contributed by atoms with Gasteiger partial charge in [-0.3, -0.25) is 9.59 Å². The van der Waals surface area contributed by atoms with Gasteiger partial charge in [0.15, 0.2) is 31.4 Å². The molecule has 0 radical (unpaired) electrons. The van der Waals surface area contributed by atoms with Crippen LogP contribution in [0.2, 0.25) is 0 Å². The van der Waals surface area contributed by atoms with E-state index in [1.165, 1.54) is 0 Å². The molecular weight excluding hydrogens is 1020 g/mol. The van der Waals surface area contributed by atoms with Gasteiger partial charge in [-0.1, -0.05) is 124 Å². The Kier molecular flexibility index (Phi) is 24.4. The Morgan fingerprint density at radius 2 is 0.911 bits per heavy atom. The Bertz CT molecular complexity index is 1910. The fourth-order valence-corrected chi connectivity index (χ4v) is 16.2. The number of hydrogen-bond acceptors (Lipinski definition) is 13. The largest absolute Gasteiger partial charge is 0.356 e. The van der Waals surface area contributed by atoms with Crippen molar-refractivity contribution in [2.75, 3.05) is 12.3 Å². The smallest absolute Gasteiger partial charge is 0.315 e. The summed E-state index contributed by atoms with van der Waals surface area (Å²) in [4.78, 5) is 38.0. The third-order valence-electron chi connectivity index (χ3n) is 20.6. The molecule has 7 aliphatic heterocycles. The molecule has 7 fully saturated rings. The molecule has 7 aliphatic rings. The highest BCUT2D eigenvalue weighted by atomic mass is 32.2. The third kappa shape index (κ3) is 15.4. The summed E-state index contributed by atoms with van der Waals surface area (Å²) in [5.41, 5.74) is 0. The molecule has 7 rings (SSSR count). The molecule has 0 saturated carbocycles. The zero-order valence-corrected chi connectivity index (χ0v) is 52.4. The van der Waals surface area contributed by atoms with Crippen LogP contribution in [0.1, 0.15) is 194 Å². The first kappa shape index (κ1) is 64.8. The molecule has 7 heterocycles. The summed E-state index contributed by atoms with van der Waals surface area (Å²) < 4.78 is 63.0. The molecule has 4 N–H and O–H groups in total. The number of carbonyl (C=O) groups is 3. The fourth-order valence-electron chi connectivity index (χ4n) is 14.6. The van der Waals surface area contributed by atoms with Crippen LogP contribution in [-0.4, -0.2) is 134 Å². The fraction of sp³-hybridized carbons (Fsp3) is 0.952. The van der Waals surface area contributed by atoms with Crippen LogP contribution in [0.15, 0.2) is 0 Å². The van der Waals surface area contributed by atoms with E-state index in [9.17, 15) is 14.4 Å². The van der Waals surface area contributed by atoms with Gasteiger partial charge >= 0.3 is 6.03 Å². The van der Waals surface area contributed by atoms with E-state index in [-0.39, 0.29) is 138 Å². The number of fused-ring (bicyclic) bond motifs is 1. The van der Waals surface area contributed by atoms with Gasteiger partial charge in [0.1, 0.15) is 6.10 Å². The van der Waals surface area contributed by atoms with Gasteiger partial charge in [-0.15, -0.1) is 0 Å². The van der Waals surface area contributed by atoms with Crippen LogP contribution < -0.4 is 21.3 Å². The first-order chi connectivity index (χ1) is 37.7. The number of carbonyl (C=O) groups excluding carboxylic acids is 3. The van der Waals surface area contributed by atoms with Crippen LogP contribution in [-0.2, 0) is 52.2 Å². The Balaban J connectivity index is 0.934. The van der Waals surface area contributed by atoms with Crippen LogP contribution in [0.4, 0.5) is 4.79 Å². The molecule has 0 aromatic carbocycles. The number of rotatable bonds is 25. The van der Waals surface area contributed by atoms with Gasteiger partial charge < -0.3 is 63.9 Å². The Labute approximate surface area is 481 Å². The zero-order chi connectivity index (χ0) is 57.4. The number of unbranched alkanes of at least 4 members (excludes halogenated alkanes) is 3. The van der Waals surface area contributed by atoms with Crippen molar-refractivity contribution < 1.29 is 57.0 Å². The normalized spacial score (nSPS) is 45.3. The molecular formula is C62H110N4O12S. The second-order valence-electron chi connectivity index (χ2n) is 25.8. The number of urea groups is 1. The van der Waals surface area contributed by atoms with Gasteiger partial charge in [0.05, 0.1) is 60.9 Å². The van der Waals surface area contributed by atoms with Gasteiger partial charge in [-0.05, 0) is 81.5 Å². The molecule has 456 valence electrons. The predicted molar refractivity (Wildman–Crippen MR) is 309 cm³/mol. The van der Waals surface area contributed by atoms with E-state index in [2.05, 4.69) is 132 Å². The number of thioether (sulfide) groups is 1. The molecule has 16 nitrogen and oxygen atoms in total. The third-order valence-corrected chi connectivity index (χ3v) is 22.1. The molecule has 7 saturated heterocycles. The number of amides is 4. The van der Waals surface area contributed by atoms with Crippen LogP contribution in [0.25, 0.3) is 0 Å². The Hall–Kier alpha value is -1.80. The molecule has 10 unspecified atom stereocenters. The highest BCUT2D eigenvalue weighted by Crippen LogP contribution is 2.46. The predicted octanol–water partition coefficient (Wildman–Crippen LogP) is 10.7. The van der Waals surface area contributed by atoms with Gasteiger partial charge in [0.2, 0.25) is 11.8 Å². The van der Waals surface area contributed by atoms with E-state index in [4.69, 9.17) is 42.6 Å². The van der Waals surface area contributed by atoms with E-state index in [0.29, 0.717) is 42.9 Å². The quantitative estimate of drug-likeness (QED) is 0.0501. The van der Waals surface area contributed by atoms with E-state index in [1.807, 2.05) is 11.8 Å². The summed E-state index contributed by atoms with van der Waals surface area (Å²) in [7, 11) is 0. The van der Waals surface area contributed by atoms with Crippen molar-refractivity contribution >= 4 is 29.6 Å². The van der Waals surface area contributed by atoms with Gasteiger partial charge in [-0.25, -0.2) is 4.79 Å². The minimum atomic E-state index is -0.644. The average Bonchev–Trinajstić information content (AvgIpc) is 4.04. The monoisotopic (exact) mass is 1130 g/mol. The Morgan fingerprint density at radius 3 is 1.42 bits per heavy atom. The summed E-state index contributed by atoms with van der Waals surface area (Å²) >= 11 is 1.91. The lowest BCUT2D eigenvalue weighted by molar-refractivity contribution is -0.362. The molecule has 17 heteroatoms. The second kappa shape index (κ2) is 29.8. The second-order valence-corrected chi connectivity index (χ2v) is 27.0. The van der Waals surface area contributed by atoms with E-state index < -0.39 is 31.2 Å². The first-order valence-corrected chi connectivity index (χ1v) is 32.9. The van der Waals surface area contributed by atoms with Crippen molar-refractivity contribution in [1.82, 2.24) is 21.3 Å². The van der Waals surface area contributed by atoms with Crippen molar-refractivity contribution in [2.24, 2.45) is 65.1 Å². The van der Waals surface area contributed by atoms with Gasteiger partial charge in [0, 0.05) is 71.8 Å². The van der Waals surface area contributed by atoms with Gasteiger partial charge in [0.25, 0.3) is 0 Å². The van der Waals surface area contributed by atoms with Crippen LogP contribution in [0, 0.1) is 65.1 Å². The van der Waals surface area contributed by atoms with Crippen LogP contribution in [0.3, 0.4) is 0 Å². The van der Waals surface area contributed by atoms with Gasteiger partial charge in [-0.2, -0.15) is 11.8 Å². The maximum atomic E-state index is 13.7. The zero-order valence-electron chi connectivity index (χ0n) is 51.6. The molecule has 0 aliphatic carbocycles.